The van der Waals surface area contributed by atoms with E-state index in [1.807, 2.05) is 6.92 Å². The highest BCUT2D eigenvalue weighted by Crippen LogP contribution is 1.95. The van der Waals surface area contributed by atoms with Crippen molar-refractivity contribution >= 4 is 5.78 Å². The lowest BCUT2D eigenvalue weighted by atomic mass is 10.2. The standard InChI is InChI=1S/C9H17NO2/c1-6(5-7(2)11)10-8(3)9(4)12/h5,8-10,12H,1-4H3/b6-5+. The molecule has 0 amide bonds. The summed E-state index contributed by atoms with van der Waals surface area (Å²) < 4.78 is 0. The minimum absolute atomic E-state index is 0.0118. The zero-order valence-electron chi connectivity index (χ0n) is 8.09. The number of aliphatic hydroxyl groups is 1. The van der Waals surface area contributed by atoms with Gasteiger partial charge in [-0.05, 0) is 33.8 Å². The molecule has 0 spiro atoms. The van der Waals surface area contributed by atoms with Gasteiger partial charge in [0.15, 0.2) is 5.78 Å². The molecule has 0 fully saturated rings. The number of rotatable bonds is 4. The van der Waals surface area contributed by atoms with Gasteiger partial charge in [-0.15, -0.1) is 0 Å². The fourth-order valence-electron chi connectivity index (χ4n) is 0.826. The highest BCUT2D eigenvalue weighted by Gasteiger charge is 2.07. The predicted octanol–water partition coefficient (Wildman–Crippen LogP) is 0.838. The normalized spacial score (nSPS) is 16.9. The molecular weight excluding hydrogens is 154 g/mol. The summed E-state index contributed by atoms with van der Waals surface area (Å²) in [4.78, 5) is 10.6. The van der Waals surface area contributed by atoms with Crippen LogP contribution in [0.4, 0.5) is 0 Å². The number of carbonyl (C=O) groups is 1. The molecule has 12 heavy (non-hydrogen) atoms. The minimum atomic E-state index is -0.416. The summed E-state index contributed by atoms with van der Waals surface area (Å²) in [5, 5.41) is 12.1. The smallest absolute Gasteiger partial charge is 0.154 e. The summed E-state index contributed by atoms with van der Waals surface area (Å²) in [5.41, 5.74) is 0.788. The second-order valence-corrected chi connectivity index (χ2v) is 3.11. The van der Waals surface area contributed by atoms with E-state index >= 15 is 0 Å². The maximum absolute atomic E-state index is 10.6. The Balaban J connectivity index is 4.00. The molecule has 0 aliphatic carbocycles. The van der Waals surface area contributed by atoms with E-state index < -0.39 is 6.10 Å². The van der Waals surface area contributed by atoms with Crippen molar-refractivity contribution < 1.29 is 9.90 Å². The van der Waals surface area contributed by atoms with Gasteiger partial charge in [0, 0.05) is 11.7 Å². The molecule has 0 bridgehead atoms. The second kappa shape index (κ2) is 4.93. The van der Waals surface area contributed by atoms with Gasteiger partial charge in [-0.25, -0.2) is 0 Å². The Hall–Kier alpha value is -0.830. The Labute approximate surface area is 73.5 Å². The van der Waals surface area contributed by atoms with Crippen LogP contribution in [0.5, 0.6) is 0 Å². The van der Waals surface area contributed by atoms with Crippen molar-refractivity contribution in [2.24, 2.45) is 0 Å². The number of hydrogen-bond donors (Lipinski definition) is 2. The van der Waals surface area contributed by atoms with Gasteiger partial charge in [0.25, 0.3) is 0 Å². The number of allylic oxidation sites excluding steroid dienone is 2. The third-order valence-electron chi connectivity index (χ3n) is 1.60. The van der Waals surface area contributed by atoms with Crippen molar-refractivity contribution in [2.75, 3.05) is 0 Å². The topological polar surface area (TPSA) is 49.3 Å². The summed E-state index contributed by atoms with van der Waals surface area (Å²) in [7, 11) is 0. The molecule has 0 rings (SSSR count). The third-order valence-corrected chi connectivity index (χ3v) is 1.60. The lowest BCUT2D eigenvalue weighted by Crippen LogP contribution is -2.34. The van der Waals surface area contributed by atoms with E-state index in [2.05, 4.69) is 5.32 Å². The summed E-state index contributed by atoms with van der Waals surface area (Å²) in [6, 6.07) is -0.0272. The highest BCUT2D eigenvalue weighted by molar-refractivity contribution is 5.87. The van der Waals surface area contributed by atoms with Crippen LogP contribution in [0.3, 0.4) is 0 Å². The van der Waals surface area contributed by atoms with Crippen molar-refractivity contribution in [1.29, 1.82) is 0 Å². The molecule has 0 aromatic carbocycles. The van der Waals surface area contributed by atoms with E-state index in [0.29, 0.717) is 0 Å². The first kappa shape index (κ1) is 11.2. The lowest BCUT2D eigenvalue weighted by Gasteiger charge is -2.17. The summed E-state index contributed by atoms with van der Waals surface area (Å²) in [6.45, 7) is 6.87. The van der Waals surface area contributed by atoms with E-state index in [0.717, 1.165) is 5.70 Å². The molecule has 0 aromatic heterocycles. The quantitative estimate of drug-likeness (QED) is 0.616. The van der Waals surface area contributed by atoms with E-state index in [1.165, 1.54) is 13.0 Å². The van der Waals surface area contributed by atoms with Crippen molar-refractivity contribution in [1.82, 2.24) is 5.32 Å². The van der Waals surface area contributed by atoms with E-state index in [4.69, 9.17) is 5.11 Å². The Morgan fingerprint density at radius 3 is 2.25 bits per heavy atom. The number of aliphatic hydroxyl groups excluding tert-OH is 1. The molecule has 2 unspecified atom stereocenters. The van der Waals surface area contributed by atoms with Gasteiger partial charge >= 0.3 is 0 Å². The number of hydrogen-bond acceptors (Lipinski definition) is 3. The molecule has 70 valence electrons. The number of nitrogens with one attached hydrogen (secondary N) is 1. The maximum Gasteiger partial charge on any atom is 0.154 e. The van der Waals surface area contributed by atoms with Crippen LogP contribution in [-0.4, -0.2) is 23.0 Å². The van der Waals surface area contributed by atoms with Crippen LogP contribution >= 0.6 is 0 Å². The van der Waals surface area contributed by atoms with Gasteiger partial charge in [-0.1, -0.05) is 0 Å². The van der Waals surface area contributed by atoms with Crippen LogP contribution in [0, 0.1) is 0 Å². The van der Waals surface area contributed by atoms with E-state index in [-0.39, 0.29) is 11.8 Å². The lowest BCUT2D eigenvalue weighted by molar-refractivity contribution is -0.112. The van der Waals surface area contributed by atoms with E-state index in [9.17, 15) is 4.79 Å². The van der Waals surface area contributed by atoms with E-state index in [1.54, 1.807) is 13.8 Å². The minimum Gasteiger partial charge on any atom is -0.391 e. The van der Waals surface area contributed by atoms with Crippen LogP contribution in [0.2, 0.25) is 0 Å². The first-order chi connectivity index (χ1) is 5.43. The number of ketones is 1. The zero-order chi connectivity index (χ0) is 9.72. The van der Waals surface area contributed by atoms with Crippen LogP contribution in [0.15, 0.2) is 11.8 Å². The molecule has 0 radical (unpaired) electrons. The van der Waals surface area contributed by atoms with Crippen LogP contribution in [0.25, 0.3) is 0 Å². The van der Waals surface area contributed by atoms with Crippen LogP contribution < -0.4 is 5.32 Å². The molecule has 0 aliphatic heterocycles. The van der Waals surface area contributed by atoms with Crippen molar-refractivity contribution in [3.63, 3.8) is 0 Å². The molecule has 0 aliphatic rings. The van der Waals surface area contributed by atoms with Gasteiger partial charge in [-0.3, -0.25) is 4.79 Å². The van der Waals surface area contributed by atoms with Gasteiger partial charge in [0.2, 0.25) is 0 Å². The summed E-state index contributed by atoms with van der Waals surface area (Å²) in [5.74, 6) is 0.0118. The van der Waals surface area contributed by atoms with Crippen molar-refractivity contribution in [2.45, 2.75) is 39.8 Å². The Bertz CT molecular complexity index is 185. The average molecular weight is 171 g/mol. The molecule has 2 atom stereocenters. The molecule has 0 aromatic rings. The Kier molecular flexibility index (Phi) is 4.59. The largest absolute Gasteiger partial charge is 0.391 e. The SMILES string of the molecule is CC(=O)/C=C(\C)NC(C)C(C)O. The molecule has 2 N–H and O–H groups in total. The molecule has 3 nitrogen and oxygen atoms in total. The fourth-order valence-corrected chi connectivity index (χ4v) is 0.826. The molecular formula is C9H17NO2. The summed E-state index contributed by atoms with van der Waals surface area (Å²) in [6.07, 6.45) is 1.10. The van der Waals surface area contributed by atoms with Crippen molar-refractivity contribution in [3.8, 4) is 0 Å². The molecule has 3 heteroatoms. The zero-order valence-corrected chi connectivity index (χ0v) is 8.09. The maximum atomic E-state index is 10.6. The second-order valence-electron chi connectivity index (χ2n) is 3.11. The first-order valence-corrected chi connectivity index (χ1v) is 4.07. The van der Waals surface area contributed by atoms with Crippen molar-refractivity contribution in [3.05, 3.63) is 11.8 Å². The molecule has 0 saturated heterocycles. The van der Waals surface area contributed by atoms with Gasteiger partial charge in [-0.2, -0.15) is 0 Å². The molecule has 0 heterocycles. The highest BCUT2D eigenvalue weighted by atomic mass is 16.3. The average Bonchev–Trinajstić information content (AvgIpc) is 1.84. The monoisotopic (exact) mass is 171 g/mol. The first-order valence-electron chi connectivity index (χ1n) is 4.07. The third kappa shape index (κ3) is 4.91. The molecule has 0 saturated carbocycles. The number of carbonyl (C=O) groups excluding carboxylic acids is 1. The van der Waals surface area contributed by atoms with Gasteiger partial charge < -0.3 is 10.4 Å². The Morgan fingerprint density at radius 1 is 1.42 bits per heavy atom. The van der Waals surface area contributed by atoms with Gasteiger partial charge in [0.1, 0.15) is 0 Å². The van der Waals surface area contributed by atoms with Gasteiger partial charge in [0.05, 0.1) is 6.10 Å². The van der Waals surface area contributed by atoms with Crippen LogP contribution in [-0.2, 0) is 4.79 Å². The fraction of sp³-hybridized carbons (Fsp3) is 0.667. The Morgan fingerprint density at radius 2 is 1.92 bits per heavy atom. The van der Waals surface area contributed by atoms with Crippen LogP contribution in [0.1, 0.15) is 27.7 Å². The predicted molar refractivity (Wildman–Crippen MR) is 48.7 cm³/mol. The summed E-state index contributed by atoms with van der Waals surface area (Å²) >= 11 is 0.